The molecular formula is C22H26ClFN4OS. The number of allylic oxidation sites excluding steroid dienone is 6. The van der Waals surface area contributed by atoms with Gasteiger partial charge in [0.1, 0.15) is 0 Å². The fourth-order valence-corrected chi connectivity index (χ4v) is 4.32. The van der Waals surface area contributed by atoms with Crippen molar-refractivity contribution in [2.75, 3.05) is 0 Å². The maximum Gasteiger partial charge on any atom is 0.183 e. The molecule has 1 fully saturated rings. The molecule has 160 valence electrons. The first-order chi connectivity index (χ1) is 14.2. The number of nitriles is 2. The Kier molecular flexibility index (Phi) is 8.20. The monoisotopic (exact) mass is 448 g/mol. The maximum atomic E-state index is 14.9. The third-order valence-corrected chi connectivity index (χ3v) is 6.11. The molecule has 1 saturated heterocycles. The molecule has 0 radical (unpaired) electrons. The van der Waals surface area contributed by atoms with Crippen LogP contribution in [0.2, 0.25) is 0 Å². The van der Waals surface area contributed by atoms with Gasteiger partial charge in [-0.3, -0.25) is 4.90 Å². The van der Waals surface area contributed by atoms with Crippen molar-refractivity contribution in [1.82, 2.24) is 9.80 Å². The topological polar surface area (TPSA) is 74.3 Å². The summed E-state index contributed by atoms with van der Waals surface area (Å²) in [4.78, 5) is 3.17. The summed E-state index contributed by atoms with van der Waals surface area (Å²) in [6.07, 6.45) is 9.64. The molecule has 0 aromatic carbocycles. The molecule has 5 nitrogen and oxygen atoms in total. The van der Waals surface area contributed by atoms with Gasteiger partial charge in [-0.05, 0) is 64.7 Å². The number of hydrogen-bond acceptors (Lipinski definition) is 4. The molecule has 0 amide bonds. The van der Waals surface area contributed by atoms with Crippen molar-refractivity contribution >= 4 is 28.9 Å². The predicted octanol–water partition coefficient (Wildman–Crippen LogP) is 5.38. The third-order valence-electron chi connectivity index (χ3n) is 5.30. The lowest BCUT2D eigenvalue weighted by molar-refractivity contribution is 0.0143. The Labute approximate surface area is 188 Å². The summed E-state index contributed by atoms with van der Waals surface area (Å²) in [7, 11) is 0. The molecule has 1 heterocycles. The SMILES string of the molecule is C/C=C(\C=C/CCCCC#N)N1C(=S)N(C2=CCC(C#N)C(Cl)=C2F)C(O)C1(C)C. The average Bonchev–Trinajstić information content (AvgIpc) is 2.89. The second-order valence-electron chi connectivity index (χ2n) is 7.70. The Morgan fingerprint density at radius 1 is 1.43 bits per heavy atom. The molecule has 0 bridgehead atoms. The molecule has 1 aliphatic carbocycles. The number of unbranched alkanes of at least 4 members (excludes halogenated alkanes) is 3. The lowest BCUT2D eigenvalue weighted by Gasteiger charge is -2.33. The maximum absolute atomic E-state index is 14.9. The summed E-state index contributed by atoms with van der Waals surface area (Å²) >= 11 is 11.7. The van der Waals surface area contributed by atoms with E-state index in [0.29, 0.717) is 6.42 Å². The van der Waals surface area contributed by atoms with Gasteiger partial charge in [0.05, 0.1) is 34.3 Å². The van der Waals surface area contributed by atoms with E-state index >= 15 is 0 Å². The van der Waals surface area contributed by atoms with Crippen molar-refractivity contribution in [3.05, 3.63) is 46.6 Å². The van der Waals surface area contributed by atoms with Crippen molar-refractivity contribution in [2.24, 2.45) is 5.92 Å². The Balaban J connectivity index is 2.29. The van der Waals surface area contributed by atoms with Crippen LogP contribution in [0.15, 0.2) is 46.6 Å². The zero-order valence-electron chi connectivity index (χ0n) is 17.4. The van der Waals surface area contributed by atoms with E-state index in [1.54, 1.807) is 11.0 Å². The Morgan fingerprint density at radius 3 is 2.73 bits per heavy atom. The quantitative estimate of drug-likeness (QED) is 0.320. The minimum Gasteiger partial charge on any atom is -0.371 e. The Morgan fingerprint density at radius 2 is 2.13 bits per heavy atom. The van der Waals surface area contributed by atoms with Gasteiger partial charge in [0.2, 0.25) is 0 Å². The van der Waals surface area contributed by atoms with Crippen LogP contribution >= 0.6 is 23.8 Å². The minimum absolute atomic E-state index is 0.0931. The second-order valence-corrected chi connectivity index (χ2v) is 8.48. The largest absolute Gasteiger partial charge is 0.371 e. The van der Waals surface area contributed by atoms with Gasteiger partial charge in [0.25, 0.3) is 0 Å². The van der Waals surface area contributed by atoms with Crippen LogP contribution in [0.1, 0.15) is 52.9 Å². The number of rotatable bonds is 7. The standard InChI is InChI=1S/C22H26ClFN4OS/c1-4-16(10-8-6-5-7-9-13-25)28-21(30)27(20(29)22(28,2)3)17-12-11-15(14-26)18(23)19(17)24/h4,8,10,12,15,20,29H,5-7,9,11H2,1-3H3/b10-8-,16-4+. The van der Waals surface area contributed by atoms with E-state index < -0.39 is 23.5 Å². The van der Waals surface area contributed by atoms with Crippen molar-refractivity contribution in [3.8, 4) is 12.1 Å². The van der Waals surface area contributed by atoms with Crippen molar-refractivity contribution in [1.29, 1.82) is 10.5 Å². The van der Waals surface area contributed by atoms with Gasteiger partial charge in [0, 0.05) is 12.1 Å². The number of aliphatic hydroxyl groups excluding tert-OH is 1. The van der Waals surface area contributed by atoms with Gasteiger partial charge < -0.3 is 10.0 Å². The molecule has 2 aliphatic rings. The minimum atomic E-state index is -1.11. The van der Waals surface area contributed by atoms with E-state index in [2.05, 4.69) is 6.07 Å². The number of halogens is 2. The van der Waals surface area contributed by atoms with Gasteiger partial charge in [-0.25, -0.2) is 4.39 Å². The number of hydrogen-bond donors (Lipinski definition) is 1. The van der Waals surface area contributed by atoms with Crippen LogP contribution in [-0.2, 0) is 0 Å². The van der Waals surface area contributed by atoms with Crippen LogP contribution in [0.3, 0.4) is 0 Å². The molecule has 2 rings (SSSR count). The molecule has 0 saturated carbocycles. The van der Waals surface area contributed by atoms with Crippen molar-refractivity contribution < 1.29 is 9.50 Å². The Hall–Kier alpha value is -2.19. The summed E-state index contributed by atoms with van der Waals surface area (Å²) in [5.41, 5.74) is 0.0492. The third kappa shape index (κ3) is 4.59. The fourth-order valence-electron chi connectivity index (χ4n) is 3.55. The first kappa shape index (κ1) is 24.1. The summed E-state index contributed by atoms with van der Waals surface area (Å²) in [6.45, 7) is 5.54. The molecule has 0 spiro atoms. The van der Waals surface area contributed by atoms with Gasteiger partial charge in [-0.1, -0.05) is 29.8 Å². The van der Waals surface area contributed by atoms with E-state index in [1.807, 2.05) is 45.1 Å². The summed E-state index contributed by atoms with van der Waals surface area (Å²) in [6, 6.07) is 4.11. The average molecular weight is 449 g/mol. The highest BCUT2D eigenvalue weighted by Gasteiger charge is 2.51. The highest BCUT2D eigenvalue weighted by molar-refractivity contribution is 7.80. The molecule has 1 N–H and O–H groups in total. The van der Waals surface area contributed by atoms with E-state index in [0.717, 1.165) is 25.0 Å². The van der Waals surface area contributed by atoms with Crippen LogP contribution in [0, 0.1) is 28.6 Å². The highest BCUT2D eigenvalue weighted by atomic mass is 35.5. The fraction of sp³-hybridized carbons (Fsp3) is 0.500. The summed E-state index contributed by atoms with van der Waals surface area (Å²) < 4.78 is 14.9. The van der Waals surface area contributed by atoms with E-state index in [1.165, 1.54) is 4.90 Å². The number of nitrogens with zero attached hydrogens (tertiary/aromatic N) is 4. The van der Waals surface area contributed by atoms with Crippen molar-refractivity contribution in [2.45, 2.75) is 64.6 Å². The van der Waals surface area contributed by atoms with E-state index in [-0.39, 0.29) is 22.3 Å². The normalized spacial score (nSPS) is 24.3. The lowest BCUT2D eigenvalue weighted by Crippen LogP contribution is -2.46. The van der Waals surface area contributed by atoms with E-state index in [9.17, 15) is 9.50 Å². The molecule has 8 heteroatoms. The molecule has 0 aromatic rings. The van der Waals surface area contributed by atoms with Gasteiger partial charge >= 0.3 is 0 Å². The molecule has 2 unspecified atom stereocenters. The lowest BCUT2D eigenvalue weighted by atomic mass is 9.98. The van der Waals surface area contributed by atoms with Crippen molar-refractivity contribution in [3.63, 3.8) is 0 Å². The van der Waals surface area contributed by atoms with Crippen LogP contribution in [0.5, 0.6) is 0 Å². The van der Waals surface area contributed by atoms with Crippen LogP contribution in [-0.4, -0.2) is 31.8 Å². The van der Waals surface area contributed by atoms with E-state index in [4.69, 9.17) is 34.3 Å². The summed E-state index contributed by atoms with van der Waals surface area (Å²) in [5, 5.41) is 28.9. The van der Waals surface area contributed by atoms with Gasteiger partial charge in [0.15, 0.2) is 17.2 Å². The first-order valence-corrected chi connectivity index (χ1v) is 10.7. The highest BCUT2D eigenvalue weighted by Crippen LogP contribution is 2.42. The van der Waals surface area contributed by atoms with Gasteiger partial charge in [-0.15, -0.1) is 0 Å². The molecule has 2 atom stereocenters. The van der Waals surface area contributed by atoms with Gasteiger partial charge in [-0.2, -0.15) is 10.5 Å². The van der Waals surface area contributed by atoms with Crippen LogP contribution in [0.4, 0.5) is 4.39 Å². The number of thiocarbonyl (C=S) groups is 1. The van der Waals surface area contributed by atoms with Crippen LogP contribution in [0.25, 0.3) is 0 Å². The number of aliphatic hydroxyl groups is 1. The second kappa shape index (κ2) is 10.2. The predicted molar refractivity (Wildman–Crippen MR) is 119 cm³/mol. The summed E-state index contributed by atoms with van der Waals surface area (Å²) in [5.74, 6) is -1.47. The molecular weight excluding hydrogens is 423 g/mol. The van der Waals surface area contributed by atoms with Crippen LogP contribution < -0.4 is 0 Å². The Bertz CT molecular complexity index is 894. The smallest absolute Gasteiger partial charge is 0.183 e. The first-order valence-electron chi connectivity index (χ1n) is 9.88. The molecule has 0 aromatic heterocycles. The molecule has 1 aliphatic heterocycles. The molecule has 30 heavy (non-hydrogen) atoms. The zero-order chi connectivity index (χ0) is 22.5. The zero-order valence-corrected chi connectivity index (χ0v) is 19.0.